The van der Waals surface area contributed by atoms with Crippen LogP contribution in [0.5, 0.6) is 0 Å². The maximum atomic E-state index is 11.3. The van der Waals surface area contributed by atoms with Gasteiger partial charge in [-0.05, 0) is 6.92 Å². The van der Waals surface area contributed by atoms with Gasteiger partial charge < -0.3 is 23.7 Å². The smallest absolute Gasteiger partial charge is 0.303 e. The van der Waals surface area contributed by atoms with E-state index in [9.17, 15) is 14.4 Å². The minimum Gasteiger partial charge on any atom is -0.456 e. The summed E-state index contributed by atoms with van der Waals surface area (Å²) in [5, 5.41) is 0. The summed E-state index contributed by atoms with van der Waals surface area (Å²) < 4.78 is 26.0. The minimum atomic E-state index is -1.01. The Morgan fingerprint density at radius 3 is 1.95 bits per heavy atom. The molecule has 0 saturated carbocycles. The summed E-state index contributed by atoms with van der Waals surface area (Å²) in [6.07, 6.45) is -3.76. The molecule has 8 heteroatoms. The summed E-state index contributed by atoms with van der Waals surface area (Å²) in [6.45, 7) is 5.67. The van der Waals surface area contributed by atoms with Gasteiger partial charge in [-0.2, -0.15) is 0 Å². The lowest BCUT2D eigenvalue weighted by molar-refractivity contribution is -0.279. The number of ether oxygens (including phenoxy) is 5. The standard InChI is InChI=1S/C13H20O8/c1-5-17-13-12(21-9(4)16)11(20-8(3)15)10(6-18-13)19-7(2)14/h10-13H,5-6H2,1-4H3. The van der Waals surface area contributed by atoms with Gasteiger partial charge in [0.05, 0.1) is 6.61 Å². The lowest BCUT2D eigenvalue weighted by Gasteiger charge is -2.39. The number of rotatable bonds is 5. The summed E-state index contributed by atoms with van der Waals surface area (Å²) in [5.41, 5.74) is 0. The highest BCUT2D eigenvalue weighted by Gasteiger charge is 2.47. The normalized spacial score (nSPS) is 28.6. The summed E-state index contributed by atoms with van der Waals surface area (Å²) in [4.78, 5) is 33.6. The fourth-order valence-electron chi connectivity index (χ4n) is 2.02. The van der Waals surface area contributed by atoms with E-state index >= 15 is 0 Å². The lowest BCUT2D eigenvalue weighted by Crippen LogP contribution is -2.58. The molecule has 0 radical (unpaired) electrons. The quantitative estimate of drug-likeness (QED) is 0.524. The van der Waals surface area contributed by atoms with Crippen LogP contribution in [0.1, 0.15) is 27.7 Å². The molecule has 1 aliphatic rings. The van der Waals surface area contributed by atoms with E-state index in [2.05, 4.69) is 0 Å². The van der Waals surface area contributed by atoms with Crippen LogP contribution in [0.4, 0.5) is 0 Å². The molecule has 21 heavy (non-hydrogen) atoms. The van der Waals surface area contributed by atoms with E-state index in [4.69, 9.17) is 23.7 Å². The first-order valence-electron chi connectivity index (χ1n) is 6.60. The second-order valence-electron chi connectivity index (χ2n) is 4.45. The second kappa shape index (κ2) is 7.94. The maximum Gasteiger partial charge on any atom is 0.303 e. The average Bonchev–Trinajstić information content (AvgIpc) is 2.35. The molecule has 0 aromatic heterocycles. The molecule has 0 bridgehead atoms. The van der Waals surface area contributed by atoms with Crippen molar-refractivity contribution >= 4 is 17.9 Å². The van der Waals surface area contributed by atoms with Crippen molar-refractivity contribution in [2.45, 2.75) is 52.3 Å². The van der Waals surface area contributed by atoms with Crippen molar-refractivity contribution in [3.05, 3.63) is 0 Å². The van der Waals surface area contributed by atoms with Gasteiger partial charge in [-0.15, -0.1) is 0 Å². The molecule has 0 amide bonds. The predicted octanol–water partition coefficient (Wildman–Crippen LogP) is 0.174. The fraction of sp³-hybridized carbons (Fsp3) is 0.769. The van der Waals surface area contributed by atoms with Gasteiger partial charge in [-0.1, -0.05) is 0 Å². The van der Waals surface area contributed by atoms with Crippen LogP contribution in [0.3, 0.4) is 0 Å². The highest BCUT2D eigenvalue weighted by molar-refractivity contribution is 5.68. The van der Waals surface area contributed by atoms with Crippen LogP contribution in [-0.2, 0) is 38.1 Å². The molecule has 1 rings (SSSR count). The molecule has 1 aliphatic heterocycles. The zero-order valence-electron chi connectivity index (χ0n) is 12.5. The van der Waals surface area contributed by atoms with Crippen molar-refractivity contribution in [2.75, 3.05) is 13.2 Å². The Morgan fingerprint density at radius 2 is 1.48 bits per heavy atom. The van der Waals surface area contributed by atoms with Gasteiger partial charge in [0, 0.05) is 27.4 Å². The Balaban J connectivity index is 2.97. The van der Waals surface area contributed by atoms with Crippen LogP contribution in [0.15, 0.2) is 0 Å². The molecule has 0 aromatic carbocycles. The molecule has 120 valence electrons. The third-order valence-electron chi connectivity index (χ3n) is 2.64. The second-order valence-corrected chi connectivity index (χ2v) is 4.45. The highest BCUT2D eigenvalue weighted by Crippen LogP contribution is 2.25. The third-order valence-corrected chi connectivity index (χ3v) is 2.64. The van der Waals surface area contributed by atoms with Gasteiger partial charge in [0.25, 0.3) is 0 Å². The number of hydrogen-bond acceptors (Lipinski definition) is 8. The van der Waals surface area contributed by atoms with Gasteiger partial charge in [-0.25, -0.2) is 0 Å². The molecule has 0 aliphatic carbocycles. The Morgan fingerprint density at radius 1 is 0.952 bits per heavy atom. The molecular weight excluding hydrogens is 284 g/mol. The number of esters is 3. The number of hydrogen-bond donors (Lipinski definition) is 0. The van der Waals surface area contributed by atoms with Crippen LogP contribution < -0.4 is 0 Å². The summed E-state index contributed by atoms with van der Waals surface area (Å²) >= 11 is 0. The third kappa shape index (κ3) is 5.31. The van der Waals surface area contributed by atoms with Gasteiger partial charge in [0.2, 0.25) is 0 Å². The Bertz CT molecular complexity index is 394. The number of carbonyl (C=O) groups is 3. The van der Waals surface area contributed by atoms with E-state index in [0.717, 1.165) is 0 Å². The van der Waals surface area contributed by atoms with E-state index in [1.807, 2.05) is 0 Å². The van der Waals surface area contributed by atoms with E-state index in [1.54, 1.807) is 6.92 Å². The van der Waals surface area contributed by atoms with Crippen molar-refractivity contribution in [3.8, 4) is 0 Å². The van der Waals surface area contributed by atoms with E-state index < -0.39 is 42.5 Å². The van der Waals surface area contributed by atoms with Crippen LogP contribution in [-0.4, -0.2) is 55.7 Å². The molecule has 4 unspecified atom stereocenters. The van der Waals surface area contributed by atoms with Crippen molar-refractivity contribution < 1.29 is 38.1 Å². The van der Waals surface area contributed by atoms with Gasteiger partial charge >= 0.3 is 17.9 Å². The molecule has 8 nitrogen and oxygen atoms in total. The monoisotopic (exact) mass is 304 g/mol. The van der Waals surface area contributed by atoms with Crippen molar-refractivity contribution in [1.29, 1.82) is 0 Å². The van der Waals surface area contributed by atoms with Crippen LogP contribution in [0.2, 0.25) is 0 Å². The largest absolute Gasteiger partial charge is 0.456 e. The van der Waals surface area contributed by atoms with Gasteiger partial charge in [-0.3, -0.25) is 14.4 Å². The van der Waals surface area contributed by atoms with Gasteiger partial charge in [0.1, 0.15) is 0 Å². The molecule has 1 heterocycles. The highest BCUT2D eigenvalue weighted by atomic mass is 16.7. The van der Waals surface area contributed by atoms with Gasteiger partial charge in [0.15, 0.2) is 24.6 Å². The summed E-state index contributed by atoms with van der Waals surface area (Å²) in [7, 11) is 0. The van der Waals surface area contributed by atoms with Crippen LogP contribution >= 0.6 is 0 Å². The minimum absolute atomic E-state index is 0.0278. The first-order valence-corrected chi connectivity index (χ1v) is 6.60. The van der Waals surface area contributed by atoms with E-state index in [1.165, 1.54) is 20.8 Å². The van der Waals surface area contributed by atoms with E-state index in [-0.39, 0.29) is 6.61 Å². The fourth-order valence-corrected chi connectivity index (χ4v) is 2.02. The molecule has 0 aromatic rings. The molecule has 0 spiro atoms. The molecular formula is C13H20O8. The molecule has 0 N–H and O–H groups in total. The molecule has 1 fully saturated rings. The first-order chi connectivity index (χ1) is 9.85. The molecule has 4 atom stereocenters. The van der Waals surface area contributed by atoms with Crippen LogP contribution in [0.25, 0.3) is 0 Å². The molecule has 1 saturated heterocycles. The van der Waals surface area contributed by atoms with Crippen LogP contribution in [0, 0.1) is 0 Å². The number of carbonyl (C=O) groups excluding carboxylic acids is 3. The Kier molecular flexibility index (Phi) is 6.57. The SMILES string of the molecule is CCOC1OCC(OC(C)=O)C(OC(C)=O)C1OC(C)=O. The topological polar surface area (TPSA) is 97.4 Å². The maximum absolute atomic E-state index is 11.3. The predicted molar refractivity (Wildman–Crippen MR) is 68.0 cm³/mol. The average molecular weight is 304 g/mol. The first kappa shape index (κ1) is 17.4. The van der Waals surface area contributed by atoms with Crippen molar-refractivity contribution in [1.82, 2.24) is 0 Å². The summed E-state index contributed by atoms with van der Waals surface area (Å²) in [6, 6.07) is 0. The summed E-state index contributed by atoms with van der Waals surface area (Å²) in [5.74, 6) is -1.74. The Labute approximate surface area is 122 Å². The van der Waals surface area contributed by atoms with Crippen molar-refractivity contribution in [3.63, 3.8) is 0 Å². The lowest BCUT2D eigenvalue weighted by atomic mass is 10.0. The zero-order chi connectivity index (χ0) is 16.0. The van der Waals surface area contributed by atoms with Crippen molar-refractivity contribution in [2.24, 2.45) is 0 Å². The zero-order valence-corrected chi connectivity index (χ0v) is 12.5. The Hall–Kier alpha value is -1.67. The van der Waals surface area contributed by atoms with E-state index in [0.29, 0.717) is 6.61 Å².